The Bertz CT molecular complexity index is 755. The predicted molar refractivity (Wildman–Crippen MR) is 97.2 cm³/mol. The summed E-state index contributed by atoms with van der Waals surface area (Å²) in [4.78, 5) is 14.5. The van der Waals surface area contributed by atoms with Gasteiger partial charge in [-0.2, -0.15) is 0 Å². The molecule has 140 valence electrons. The highest BCUT2D eigenvalue weighted by molar-refractivity contribution is 5.77. The number of methoxy groups -OCH3 is 1. The van der Waals surface area contributed by atoms with E-state index < -0.39 is 0 Å². The smallest absolute Gasteiger partial charge is 0.260 e. The number of amides is 1. The van der Waals surface area contributed by atoms with Gasteiger partial charge in [0.2, 0.25) is 0 Å². The van der Waals surface area contributed by atoms with E-state index in [0.717, 1.165) is 23.8 Å². The fourth-order valence-electron chi connectivity index (χ4n) is 3.39. The maximum atomic E-state index is 12.7. The van der Waals surface area contributed by atoms with Crippen LogP contribution in [0.5, 0.6) is 11.5 Å². The molecule has 0 saturated heterocycles. The van der Waals surface area contributed by atoms with Crippen LogP contribution >= 0.6 is 0 Å². The average Bonchev–Trinajstić information content (AvgIpc) is 3.01. The van der Waals surface area contributed by atoms with Gasteiger partial charge in [0.15, 0.2) is 12.4 Å². The third kappa shape index (κ3) is 3.98. The Labute approximate surface area is 153 Å². The molecule has 1 atom stereocenters. The van der Waals surface area contributed by atoms with E-state index >= 15 is 0 Å². The molecule has 26 heavy (non-hydrogen) atoms. The van der Waals surface area contributed by atoms with Gasteiger partial charge >= 0.3 is 0 Å². The highest BCUT2D eigenvalue weighted by atomic mass is 16.5. The highest BCUT2D eigenvalue weighted by Crippen LogP contribution is 2.27. The van der Waals surface area contributed by atoms with E-state index in [2.05, 4.69) is 28.6 Å². The largest absolute Gasteiger partial charge is 0.497 e. The van der Waals surface area contributed by atoms with Crippen LogP contribution in [-0.4, -0.2) is 45.8 Å². The zero-order valence-corrected chi connectivity index (χ0v) is 15.8. The van der Waals surface area contributed by atoms with Crippen molar-refractivity contribution in [3.8, 4) is 11.5 Å². The first kappa shape index (κ1) is 18.2. The average molecular weight is 358 g/mol. The number of fused-ring (bicyclic) bond motifs is 1. The van der Waals surface area contributed by atoms with Crippen LogP contribution in [0.3, 0.4) is 0 Å². The van der Waals surface area contributed by atoms with E-state index in [1.54, 1.807) is 19.2 Å². The molecule has 0 radical (unpaired) electrons. The zero-order valence-electron chi connectivity index (χ0n) is 15.8. The van der Waals surface area contributed by atoms with Crippen molar-refractivity contribution in [2.24, 2.45) is 5.92 Å². The van der Waals surface area contributed by atoms with E-state index in [0.29, 0.717) is 24.8 Å². The van der Waals surface area contributed by atoms with Crippen molar-refractivity contribution in [1.29, 1.82) is 0 Å². The normalized spacial score (nSPS) is 16.5. The van der Waals surface area contributed by atoms with Crippen molar-refractivity contribution in [2.45, 2.75) is 39.8 Å². The first-order valence-electron chi connectivity index (χ1n) is 8.93. The Morgan fingerprint density at radius 1 is 1.23 bits per heavy atom. The number of hydrogen-bond acceptors (Lipinski definition) is 5. The maximum absolute atomic E-state index is 12.7. The van der Waals surface area contributed by atoms with Gasteiger partial charge in [-0.15, -0.1) is 10.2 Å². The van der Waals surface area contributed by atoms with Crippen LogP contribution in [0.25, 0.3) is 0 Å². The minimum Gasteiger partial charge on any atom is -0.497 e. The van der Waals surface area contributed by atoms with E-state index in [4.69, 9.17) is 9.47 Å². The molecule has 2 aromatic rings. The molecule has 1 aliphatic rings. The fourth-order valence-corrected chi connectivity index (χ4v) is 3.39. The van der Waals surface area contributed by atoms with Crippen LogP contribution in [0.4, 0.5) is 0 Å². The number of benzene rings is 1. The molecule has 1 aromatic carbocycles. The first-order chi connectivity index (χ1) is 12.5. The summed E-state index contributed by atoms with van der Waals surface area (Å²) in [6, 6.07) is 7.42. The van der Waals surface area contributed by atoms with Crippen LogP contribution < -0.4 is 9.47 Å². The topological polar surface area (TPSA) is 69.5 Å². The standard InChI is InChI=1S/C19H26N4O3/c1-13(2)9-15-10-22(11-18-21-20-14(3)23(15)18)19(24)12-26-17-7-5-16(25-4)6-8-17/h5-8,13,15H,9-12H2,1-4H3/t15-/m0/s1. The Balaban J connectivity index is 1.65. The van der Waals surface area contributed by atoms with Crippen LogP contribution in [0.1, 0.15) is 38.0 Å². The van der Waals surface area contributed by atoms with Gasteiger partial charge in [0.05, 0.1) is 19.7 Å². The number of carbonyl (C=O) groups excluding carboxylic acids is 1. The quantitative estimate of drug-likeness (QED) is 0.794. The lowest BCUT2D eigenvalue weighted by Crippen LogP contribution is -2.43. The molecule has 0 bridgehead atoms. The monoisotopic (exact) mass is 358 g/mol. The minimum atomic E-state index is -0.0403. The lowest BCUT2D eigenvalue weighted by atomic mass is 10.0. The molecule has 3 rings (SSSR count). The summed E-state index contributed by atoms with van der Waals surface area (Å²) in [5.41, 5.74) is 0. The maximum Gasteiger partial charge on any atom is 0.260 e. The van der Waals surface area contributed by atoms with Crippen LogP contribution in [0.2, 0.25) is 0 Å². The van der Waals surface area contributed by atoms with Gasteiger partial charge in [-0.05, 0) is 43.5 Å². The molecule has 7 nitrogen and oxygen atoms in total. The second-order valence-electron chi connectivity index (χ2n) is 7.06. The zero-order chi connectivity index (χ0) is 18.7. The summed E-state index contributed by atoms with van der Waals surface area (Å²) in [6.45, 7) is 7.48. The van der Waals surface area contributed by atoms with Gasteiger partial charge < -0.3 is 18.9 Å². The van der Waals surface area contributed by atoms with E-state index in [-0.39, 0.29) is 18.6 Å². The molecule has 0 fully saturated rings. The minimum absolute atomic E-state index is 0.00778. The number of carbonyl (C=O) groups is 1. The third-order valence-corrected chi connectivity index (χ3v) is 4.58. The molecule has 1 aliphatic heterocycles. The molecule has 2 heterocycles. The van der Waals surface area contributed by atoms with Crippen molar-refractivity contribution in [3.05, 3.63) is 35.9 Å². The second-order valence-corrected chi connectivity index (χ2v) is 7.06. The van der Waals surface area contributed by atoms with Gasteiger partial charge in [-0.1, -0.05) is 13.8 Å². The predicted octanol–water partition coefficient (Wildman–Crippen LogP) is 2.60. The van der Waals surface area contributed by atoms with Gasteiger partial charge in [-0.25, -0.2) is 0 Å². The Morgan fingerprint density at radius 3 is 2.58 bits per heavy atom. The molecular formula is C19H26N4O3. The first-order valence-corrected chi connectivity index (χ1v) is 8.93. The van der Waals surface area contributed by atoms with E-state index in [1.165, 1.54) is 0 Å². The summed E-state index contributed by atoms with van der Waals surface area (Å²) in [5, 5.41) is 8.44. The fraction of sp³-hybridized carbons (Fsp3) is 0.526. The Hall–Kier alpha value is -2.57. The molecule has 7 heteroatoms. The molecule has 0 N–H and O–H groups in total. The molecule has 1 aromatic heterocycles. The summed E-state index contributed by atoms with van der Waals surface area (Å²) in [6.07, 6.45) is 0.981. The summed E-state index contributed by atoms with van der Waals surface area (Å²) < 4.78 is 12.9. The molecular weight excluding hydrogens is 332 g/mol. The molecule has 1 amide bonds. The second kappa shape index (κ2) is 7.76. The lowest BCUT2D eigenvalue weighted by molar-refractivity contribution is -0.135. The van der Waals surface area contributed by atoms with Crippen LogP contribution in [0, 0.1) is 12.8 Å². The van der Waals surface area contributed by atoms with Crippen molar-refractivity contribution in [1.82, 2.24) is 19.7 Å². The van der Waals surface area contributed by atoms with Crippen molar-refractivity contribution in [2.75, 3.05) is 20.3 Å². The van der Waals surface area contributed by atoms with Gasteiger partial charge in [-0.3, -0.25) is 4.79 Å². The molecule has 0 unspecified atom stereocenters. The van der Waals surface area contributed by atoms with Gasteiger partial charge in [0.25, 0.3) is 5.91 Å². The number of ether oxygens (including phenoxy) is 2. The SMILES string of the molecule is COc1ccc(OCC(=O)N2Cc3nnc(C)n3[C@@H](CC(C)C)C2)cc1. The van der Waals surface area contributed by atoms with Crippen LogP contribution in [-0.2, 0) is 11.3 Å². The molecule has 0 saturated carbocycles. The molecule has 0 spiro atoms. The number of aromatic nitrogens is 3. The number of aryl methyl sites for hydroxylation is 1. The van der Waals surface area contributed by atoms with Crippen molar-refractivity contribution < 1.29 is 14.3 Å². The van der Waals surface area contributed by atoms with E-state index in [9.17, 15) is 4.79 Å². The van der Waals surface area contributed by atoms with Crippen molar-refractivity contribution >= 4 is 5.91 Å². The highest BCUT2D eigenvalue weighted by Gasteiger charge is 2.31. The molecule has 0 aliphatic carbocycles. The van der Waals surface area contributed by atoms with Crippen molar-refractivity contribution in [3.63, 3.8) is 0 Å². The Morgan fingerprint density at radius 2 is 1.92 bits per heavy atom. The lowest BCUT2D eigenvalue weighted by Gasteiger charge is -2.35. The summed E-state index contributed by atoms with van der Waals surface area (Å²) >= 11 is 0. The van der Waals surface area contributed by atoms with Crippen LogP contribution in [0.15, 0.2) is 24.3 Å². The van der Waals surface area contributed by atoms with Gasteiger partial charge in [0.1, 0.15) is 17.3 Å². The summed E-state index contributed by atoms with van der Waals surface area (Å²) in [5.74, 6) is 3.64. The summed E-state index contributed by atoms with van der Waals surface area (Å²) in [7, 11) is 1.61. The third-order valence-electron chi connectivity index (χ3n) is 4.58. The van der Waals surface area contributed by atoms with E-state index in [1.807, 2.05) is 24.0 Å². The number of hydrogen-bond donors (Lipinski definition) is 0. The van der Waals surface area contributed by atoms with Gasteiger partial charge in [0, 0.05) is 6.54 Å². The number of rotatable bonds is 6. The Kier molecular flexibility index (Phi) is 5.44. The number of nitrogens with zero attached hydrogens (tertiary/aromatic N) is 4.